The Balaban J connectivity index is 2.46. The Hall–Kier alpha value is -1.38. The minimum Gasteiger partial charge on any atom is -0.497 e. The fourth-order valence-electron chi connectivity index (χ4n) is 1.82. The molecular formula is C11H15NO2. The van der Waals surface area contributed by atoms with Crippen LogP contribution in [0.25, 0.3) is 0 Å². The number of fused-ring (bicyclic) bond motifs is 1. The van der Waals surface area contributed by atoms with Gasteiger partial charge < -0.3 is 14.8 Å². The highest BCUT2D eigenvalue weighted by Crippen LogP contribution is 2.38. The van der Waals surface area contributed by atoms with Crippen LogP contribution in [0, 0.1) is 0 Å². The molecule has 0 fully saturated rings. The SMILES string of the molecule is CNc1cc(OC)cc2c1CC(C)O2. The molecule has 1 unspecified atom stereocenters. The Morgan fingerprint density at radius 3 is 2.93 bits per heavy atom. The molecule has 0 bridgehead atoms. The first-order chi connectivity index (χ1) is 6.74. The molecule has 1 aromatic carbocycles. The van der Waals surface area contributed by atoms with Gasteiger partial charge >= 0.3 is 0 Å². The minimum atomic E-state index is 0.268. The second-order valence-corrected chi connectivity index (χ2v) is 3.53. The summed E-state index contributed by atoms with van der Waals surface area (Å²) < 4.78 is 10.9. The van der Waals surface area contributed by atoms with E-state index in [0.29, 0.717) is 0 Å². The van der Waals surface area contributed by atoms with E-state index >= 15 is 0 Å². The summed E-state index contributed by atoms with van der Waals surface area (Å²) in [6.07, 6.45) is 1.24. The van der Waals surface area contributed by atoms with Crippen LogP contribution in [0.2, 0.25) is 0 Å². The molecule has 0 aromatic heterocycles. The van der Waals surface area contributed by atoms with Crippen LogP contribution in [0.3, 0.4) is 0 Å². The summed E-state index contributed by atoms with van der Waals surface area (Å²) in [7, 11) is 3.58. The molecule has 1 aliphatic heterocycles. The average Bonchev–Trinajstić information content (AvgIpc) is 2.56. The maximum absolute atomic E-state index is 5.67. The van der Waals surface area contributed by atoms with E-state index in [1.54, 1.807) is 7.11 Å². The lowest BCUT2D eigenvalue weighted by Crippen LogP contribution is -2.05. The van der Waals surface area contributed by atoms with Crippen molar-refractivity contribution in [2.75, 3.05) is 19.5 Å². The van der Waals surface area contributed by atoms with Gasteiger partial charge in [-0.05, 0) is 6.92 Å². The first-order valence-corrected chi connectivity index (χ1v) is 4.80. The smallest absolute Gasteiger partial charge is 0.128 e. The maximum atomic E-state index is 5.67. The molecule has 2 rings (SSSR count). The molecule has 1 aromatic rings. The molecule has 76 valence electrons. The average molecular weight is 193 g/mol. The lowest BCUT2D eigenvalue weighted by Gasteiger charge is -2.09. The van der Waals surface area contributed by atoms with Crippen LogP contribution >= 0.6 is 0 Å². The zero-order chi connectivity index (χ0) is 10.1. The molecular weight excluding hydrogens is 178 g/mol. The quantitative estimate of drug-likeness (QED) is 0.779. The van der Waals surface area contributed by atoms with E-state index in [-0.39, 0.29) is 6.10 Å². The Morgan fingerprint density at radius 2 is 2.29 bits per heavy atom. The molecule has 0 spiro atoms. The highest BCUT2D eigenvalue weighted by atomic mass is 16.5. The number of anilines is 1. The second kappa shape index (κ2) is 3.40. The summed E-state index contributed by atoms with van der Waals surface area (Å²) in [5.74, 6) is 1.78. The zero-order valence-corrected chi connectivity index (χ0v) is 8.76. The predicted molar refractivity (Wildman–Crippen MR) is 56.3 cm³/mol. The van der Waals surface area contributed by atoms with Gasteiger partial charge in [-0.25, -0.2) is 0 Å². The van der Waals surface area contributed by atoms with Crippen molar-refractivity contribution in [1.82, 2.24) is 0 Å². The van der Waals surface area contributed by atoms with E-state index < -0.39 is 0 Å². The van der Waals surface area contributed by atoms with Crippen molar-refractivity contribution < 1.29 is 9.47 Å². The van der Waals surface area contributed by atoms with Gasteiger partial charge in [-0.2, -0.15) is 0 Å². The van der Waals surface area contributed by atoms with Crippen molar-refractivity contribution in [1.29, 1.82) is 0 Å². The standard InChI is InChI=1S/C11H15NO2/c1-7-4-9-10(12-2)5-8(13-3)6-11(9)14-7/h5-7,12H,4H2,1-3H3. The molecule has 0 radical (unpaired) electrons. The molecule has 1 atom stereocenters. The molecule has 3 nitrogen and oxygen atoms in total. The monoisotopic (exact) mass is 193 g/mol. The van der Waals surface area contributed by atoms with E-state index in [2.05, 4.69) is 12.2 Å². The molecule has 14 heavy (non-hydrogen) atoms. The summed E-state index contributed by atoms with van der Waals surface area (Å²) in [5, 5.41) is 3.16. The molecule has 1 aliphatic rings. The number of methoxy groups -OCH3 is 1. The van der Waals surface area contributed by atoms with Gasteiger partial charge in [-0.3, -0.25) is 0 Å². The number of rotatable bonds is 2. The molecule has 0 amide bonds. The number of hydrogen-bond acceptors (Lipinski definition) is 3. The Morgan fingerprint density at radius 1 is 1.50 bits per heavy atom. The number of ether oxygens (including phenoxy) is 2. The zero-order valence-electron chi connectivity index (χ0n) is 8.76. The Kier molecular flexibility index (Phi) is 2.23. The lowest BCUT2D eigenvalue weighted by molar-refractivity contribution is 0.254. The normalized spacial score (nSPS) is 18.6. The van der Waals surface area contributed by atoms with Gasteiger partial charge in [-0.15, -0.1) is 0 Å². The van der Waals surface area contributed by atoms with Crippen LogP contribution in [-0.4, -0.2) is 20.3 Å². The summed E-state index contributed by atoms with van der Waals surface area (Å²) >= 11 is 0. The summed E-state index contributed by atoms with van der Waals surface area (Å²) in [5.41, 5.74) is 2.35. The summed E-state index contributed by atoms with van der Waals surface area (Å²) in [6, 6.07) is 3.94. The van der Waals surface area contributed by atoms with E-state index in [9.17, 15) is 0 Å². The van der Waals surface area contributed by atoms with Crippen molar-refractivity contribution in [3.63, 3.8) is 0 Å². The van der Waals surface area contributed by atoms with Gasteiger partial charge in [0, 0.05) is 36.9 Å². The number of benzene rings is 1. The fraction of sp³-hybridized carbons (Fsp3) is 0.455. The van der Waals surface area contributed by atoms with Crippen LogP contribution in [0.5, 0.6) is 11.5 Å². The molecule has 0 saturated carbocycles. The van der Waals surface area contributed by atoms with E-state index in [4.69, 9.17) is 9.47 Å². The van der Waals surface area contributed by atoms with Crippen molar-refractivity contribution in [3.05, 3.63) is 17.7 Å². The fourth-order valence-corrected chi connectivity index (χ4v) is 1.82. The minimum absolute atomic E-state index is 0.268. The van der Waals surface area contributed by atoms with Gasteiger partial charge in [0.2, 0.25) is 0 Å². The number of nitrogens with one attached hydrogen (secondary N) is 1. The van der Waals surface area contributed by atoms with Crippen molar-refractivity contribution in [3.8, 4) is 11.5 Å². The van der Waals surface area contributed by atoms with Crippen LogP contribution in [-0.2, 0) is 6.42 Å². The van der Waals surface area contributed by atoms with Crippen molar-refractivity contribution in [2.24, 2.45) is 0 Å². The molecule has 3 heteroatoms. The van der Waals surface area contributed by atoms with Gasteiger partial charge in [-0.1, -0.05) is 0 Å². The van der Waals surface area contributed by atoms with Crippen molar-refractivity contribution >= 4 is 5.69 Å². The second-order valence-electron chi connectivity index (χ2n) is 3.53. The largest absolute Gasteiger partial charge is 0.497 e. The van der Waals surface area contributed by atoms with Crippen molar-refractivity contribution in [2.45, 2.75) is 19.4 Å². The lowest BCUT2D eigenvalue weighted by atomic mass is 10.1. The van der Waals surface area contributed by atoms with E-state index in [1.807, 2.05) is 19.2 Å². The van der Waals surface area contributed by atoms with Gasteiger partial charge in [0.25, 0.3) is 0 Å². The van der Waals surface area contributed by atoms with Gasteiger partial charge in [0.15, 0.2) is 0 Å². The third-order valence-electron chi connectivity index (χ3n) is 2.51. The van der Waals surface area contributed by atoms with Gasteiger partial charge in [0.1, 0.15) is 17.6 Å². The topological polar surface area (TPSA) is 30.5 Å². The Bertz CT molecular complexity index is 349. The highest BCUT2D eigenvalue weighted by molar-refractivity contribution is 5.62. The van der Waals surface area contributed by atoms with Crippen LogP contribution in [0.1, 0.15) is 12.5 Å². The maximum Gasteiger partial charge on any atom is 0.128 e. The van der Waals surface area contributed by atoms with Crippen LogP contribution in [0.4, 0.5) is 5.69 Å². The molecule has 1 heterocycles. The van der Waals surface area contributed by atoms with Crippen LogP contribution in [0.15, 0.2) is 12.1 Å². The van der Waals surface area contributed by atoms with Gasteiger partial charge in [0.05, 0.1) is 7.11 Å². The van der Waals surface area contributed by atoms with E-state index in [1.165, 1.54) is 5.56 Å². The summed E-state index contributed by atoms with van der Waals surface area (Å²) in [6.45, 7) is 2.08. The van der Waals surface area contributed by atoms with Crippen LogP contribution < -0.4 is 14.8 Å². The summed E-state index contributed by atoms with van der Waals surface area (Å²) in [4.78, 5) is 0. The molecule has 1 N–H and O–H groups in total. The Labute approximate surface area is 84.0 Å². The molecule has 0 aliphatic carbocycles. The number of hydrogen-bond donors (Lipinski definition) is 1. The first-order valence-electron chi connectivity index (χ1n) is 4.80. The highest BCUT2D eigenvalue weighted by Gasteiger charge is 2.22. The molecule has 0 saturated heterocycles. The predicted octanol–water partition coefficient (Wildman–Crippen LogP) is 2.06. The third-order valence-corrected chi connectivity index (χ3v) is 2.51. The van der Waals surface area contributed by atoms with E-state index in [0.717, 1.165) is 23.6 Å². The first kappa shape index (κ1) is 9.19. The third kappa shape index (κ3) is 1.39.